The molecule has 0 saturated heterocycles. The van der Waals surface area contributed by atoms with E-state index in [0.29, 0.717) is 0 Å². The van der Waals surface area contributed by atoms with Crippen molar-refractivity contribution in [1.29, 1.82) is 0 Å². The van der Waals surface area contributed by atoms with Gasteiger partial charge in [-0.1, -0.05) is 169 Å². The molecule has 0 saturated carbocycles. The molecule has 3 aliphatic rings. The maximum Gasteiger partial charge on any atom is 0.0468 e. The van der Waals surface area contributed by atoms with Gasteiger partial charge in [-0.05, 0) is 110 Å². The number of nitrogens with zero attached hydrogens (tertiary/aromatic N) is 1. The molecular formula is C53H47N. The molecule has 10 rings (SSSR count). The smallest absolute Gasteiger partial charge is 0.0468 e. The Labute approximate surface area is 321 Å². The summed E-state index contributed by atoms with van der Waals surface area (Å²) in [6, 6.07) is 61.9. The van der Waals surface area contributed by atoms with E-state index in [1.807, 2.05) is 0 Å². The molecule has 7 aromatic carbocycles. The molecule has 0 aromatic heterocycles. The lowest BCUT2D eigenvalue weighted by molar-refractivity contribution is 0.450. The molecule has 0 aliphatic heterocycles. The number of fused-ring (bicyclic) bond motifs is 7. The summed E-state index contributed by atoms with van der Waals surface area (Å²) < 4.78 is 0. The van der Waals surface area contributed by atoms with Gasteiger partial charge in [0.25, 0.3) is 0 Å². The van der Waals surface area contributed by atoms with Crippen molar-refractivity contribution in [3.05, 3.63) is 208 Å². The Morgan fingerprint density at radius 3 is 1.39 bits per heavy atom. The Bertz CT molecular complexity index is 2610. The summed E-state index contributed by atoms with van der Waals surface area (Å²) in [6.07, 6.45) is 1.02. The minimum atomic E-state index is -0.128. The van der Waals surface area contributed by atoms with Crippen molar-refractivity contribution in [2.24, 2.45) is 0 Å². The van der Waals surface area contributed by atoms with Crippen LogP contribution >= 0.6 is 0 Å². The van der Waals surface area contributed by atoms with E-state index >= 15 is 0 Å². The number of benzene rings is 7. The summed E-state index contributed by atoms with van der Waals surface area (Å²) in [5.74, 6) is 0. The monoisotopic (exact) mass is 697 g/mol. The normalized spacial score (nSPS) is 20.8. The van der Waals surface area contributed by atoms with Gasteiger partial charge in [0.15, 0.2) is 0 Å². The summed E-state index contributed by atoms with van der Waals surface area (Å²) in [5.41, 5.74) is 19.7. The summed E-state index contributed by atoms with van der Waals surface area (Å²) in [7, 11) is 0. The highest BCUT2D eigenvalue weighted by molar-refractivity contribution is 5.89. The zero-order valence-corrected chi connectivity index (χ0v) is 32.2. The second-order valence-electron chi connectivity index (χ2n) is 17.4. The third-order valence-corrected chi connectivity index (χ3v) is 13.6. The van der Waals surface area contributed by atoms with Gasteiger partial charge < -0.3 is 4.90 Å². The van der Waals surface area contributed by atoms with Crippen LogP contribution in [0.15, 0.2) is 164 Å². The molecule has 0 fully saturated rings. The molecule has 1 nitrogen and oxygen atoms in total. The van der Waals surface area contributed by atoms with Crippen LogP contribution < -0.4 is 4.90 Å². The van der Waals surface area contributed by atoms with E-state index < -0.39 is 0 Å². The SMILES string of the molecule is CC1(C)c2ccccc2-c2cc(N(c3ccc(C4(C)CC(C)(c5ccccc5)c5ccccc54)cc3)c3ccc4c(c3)C(C)(C)c3ccccc3-4)ccc21. The van der Waals surface area contributed by atoms with E-state index in [9.17, 15) is 0 Å². The van der Waals surface area contributed by atoms with Crippen molar-refractivity contribution in [2.45, 2.75) is 69.6 Å². The van der Waals surface area contributed by atoms with E-state index in [0.717, 1.165) is 6.42 Å². The molecule has 264 valence electrons. The van der Waals surface area contributed by atoms with E-state index in [2.05, 4.69) is 210 Å². The largest absolute Gasteiger partial charge is 0.310 e. The molecular weight excluding hydrogens is 651 g/mol. The topological polar surface area (TPSA) is 3.24 Å². The second-order valence-corrected chi connectivity index (χ2v) is 17.4. The van der Waals surface area contributed by atoms with E-state index in [-0.39, 0.29) is 21.7 Å². The molecule has 1 heteroatoms. The fourth-order valence-electron chi connectivity index (χ4n) is 10.8. The zero-order chi connectivity index (χ0) is 37.0. The van der Waals surface area contributed by atoms with Gasteiger partial charge in [-0.15, -0.1) is 0 Å². The van der Waals surface area contributed by atoms with Gasteiger partial charge in [-0.3, -0.25) is 0 Å². The number of rotatable bonds is 5. The highest BCUT2D eigenvalue weighted by Gasteiger charge is 2.49. The molecule has 7 aromatic rings. The second kappa shape index (κ2) is 11.4. The van der Waals surface area contributed by atoms with Crippen LogP contribution in [0.5, 0.6) is 0 Å². The van der Waals surface area contributed by atoms with Gasteiger partial charge >= 0.3 is 0 Å². The van der Waals surface area contributed by atoms with Crippen LogP contribution in [-0.4, -0.2) is 0 Å². The fourth-order valence-corrected chi connectivity index (χ4v) is 10.8. The van der Waals surface area contributed by atoms with Crippen molar-refractivity contribution in [3.8, 4) is 22.3 Å². The summed E-state index contributed by atoms with van der Waals surface area (Å²) in [6.45, 7) is 14.4. The maximum absolute atomic E-state index is 2.48. The summed E-state index contributed by atoms with van der Waals surface area (Å²) in [5, 5.41) is 0. The van der Waals surface area contributed by atoms with Crippen molar-refractivity contribution < 1.29 is 0 Å². The van der Waals surface area contributed by atoms with Crippen molar-refractivity contribution in [1.82, 2.24) is 0 Å². The lowest BCUT2D eigenvalue weighted by Crippen LogP contribution is -2.26. The molecule has 0 bridgehead atoms. The number of anilines is 3. The van der Waals surface area contributed by atoms with E-state index in [1.54, 1.807) is 0 Å². The van der Waals surface area contributed by atoms with Crippen LogP contribution in [-0.2, 0) is 21.7 Å². The molecule has 2 atom stereocenters. The zero-order valence-electron chi connectivity index (χ0n) is 32.2. The van der Waals surface area contributed by atoms with E-state index in [1.165, 1.54) is 83.8 Å². The Hall–Kier alpha value is -5.66. The van der Waals surface area contributed by atoms with Gasteiger partial charge in [-0.2, -0.15) is 0 Å². The van der Waals surface area contributed by atoms with Crippen LogP contribution in [0, 0.1) is 0 Å². The van der Waals surface area contributed by atoms with Gasteiger partial charge in [0.2, 0.25) is 0 Å². The Kier molecular flexibility index (Phi) is 6.97. The lowest BCUT2D eigenvalue weighted by atomic mass is 9.72. The highest BCUT2D eigenvalue weighted by atomic mass is 15.1. The Morgan fingerprint density at radius 1 is 0.333 bits per heavy atom. The lowest BCUT2D eigenvalue weighted by Gasteiger charge is -2.32. The summed E-state index contributed by atoms with van der Waals surface area (Å²) in [4.78, 5) is 2.48. The minimum Gasteiger partial charge on any atom is -0.310 e. The molecule has 0 amide bonds. The number of hydrogen-bond acceptors (Lipinski definition) is 1. The molecule has 2 unspecified atom stereocenters. The predicted molar refractivity (Wildman–Crippen MR) is 227 cm³/mol. The predicted octanol–water partition coefficient (Wildman–Crippen LogP) is 13.8. The van der Waals surface area contributed by atoms with Crippen LogP contribution in [0.2, 0.25) is 0 Å². The molecule has 0 heterocycles. The standard InChI is InChI=1S/C53H47N/c1-50(2)45-21-13-11-19-41(45)43-32-38(29-31-46(43)50)54(39-28-30-42-40-18-10-12-20-44(40)51(3,4)49(42)33-39)37-26-24-36(25-27-37)53(6)34-52(5,35-16-8-7-9-17-35)47-22-14-15-23-48(47)53/h7-33H,34H2,1-6H3. The Balaban J connectivity index is 1.12. The molecule has 54 heavy (non-hydrogen) atoms. The van der Waals surface area contributed by atoms with Crippen LogP contribution in [0.25, 0.3) is 22.3 Å². The quantitative estimate of drug-likeness (QED) is 0.173. The molecule has 0 N–H and O–H groups in total. The van der Waals surface area contributed by atoms with Crippen molar-refractivity contribution >= 4 is 17.1 Å². The first-order valence-corrected chi connectivity index (χ1v) is 19.6. The van der Waals surface area contributed by atoms with Crippen molar-refractivity contribution in [2.75, 3.05) is 4.90 Å². The first kappa shape index (κ1) is 32.9. The average Bonchev–Trinajstić information content (AvgIpc) is 3.69. The van der Waals surface area contributed by atoms with Gasteiger partial charge in [0, 0.05) is 38.7 Å². The first-order valence-electron chi connectivity index (χ1n) is 19.6. The maximum atomic E-state index is 2.48. The highest BCUT2D eigenvalue weighted by Crippen LogP contribution is 2.57. The average molecular weight is 698 g/mol. The first-order chi connectivity index (χ1) is 26.0. The Morgan fingerprint density at radius 2 is 0.759 bits per heavy atom. The van der Waals surface area contributed by atoms with Gasteiger partial charge in [0.05, 0.1) is 0 Å². The third-order valence-electron chi connectivity index (χ3n) is 13.6. The third kappa shape index (κ3) is 4.51. The van der Waals surface area contributed by atoms with Crippen LogP contribution in [0.3, 0.4) is 0 Å². The minimum absolute atomic E-state index is 0.0401. The van der Waals surface area contributed by atoms with Gasteiger partial charge in [0.1, 0.15) is 0 Å². The van der Waals surface area contributed by atoms with Crippen molar-refractivity contribution in [3.63, 3.8) is 0 Å². The fraction of sp³-hybridized carbons (Fsp3) is 0.208. The molecule has 3 aliphatic carbocycles. The van der Waals surface area contributed by atoms with Crippen LogP contribution in [0.4, 0.5) is 17.1 Å². The van der Waals surface area contributed by atoms with E-state index in [4.69, 9.17) is 0 Å². The molecule has 0 spiro atoms. The summed E-state index contributed by atoms with van der Waals surface area (Å²) >= 11 is 0. The molecule has 0 radical (unpaired) electrons. The number of hydrogen-bond donors (Lipinski definition) is 0. The van der Waals surface area contributed by atoms with Gasteiger partial charge in [-0.25, -0.2) is 0 Å². The van der Waals surface area contributed by atoms with Crippen LogP contribution in [0.1, 0.15) is 92.5 Å².